The number of nitriles is 1. The van der Waals surface area contributed by atoms with Gasteiger partial charge in [0.25, 0.3) is 0 Å². The Morgan fingerprint density at radius 3 is 2.52 bits per heavy atom. The average molecular weight is 310 g/mol. The lowest BCUT2D eigenvalue weighted by molar-refractivity contribution is -0.121. The predicted octanol–water partition coefficient (Wildman–Crippen LogP) is 1.69. The number of ketones is 1. The second kappa shape index (κ2) is 5.92. The highest BCUT2D eigenvalue weighted by Gasteiger charge is 2.32. The van der Waals surface area contributed by atoms with Gasteiger partial charge in [-0.25, -0.2) is 12.8 Å². The van der Waals surface area contributed by atoms with Crippen molar-refractivity contribution in [1.29, 1.82) is 5.26 Å². The second-order valence-corrected chi connectivity index (χ2v) is 6.92. The van der Waals surface area contributed by atoms with Gasteiger partial charge in [-0.1, -0.05) is 6.07 Å². The molecule has 21 heavy (non-hydrogen) atoms. The fourth-order valence-corrected chi connectivity index (χ4v) is 4.09. The number of sulfonamides is 1. The molecule has 5 nitrogen and oxygen atoms in total. The number of hydrogen-bond donors (Lipinski definition) is 0. The molecule has 0 atom stereocenters. The maximum Gasteiger partial charge on any atom is 0.244 e. The third kappa shape index (κ3) is 2.96. The van der Waals surface area contributed by atoms with Gasteiger partial charge in [0.15, 0.2) is 0 Å². The van der Waals surface area contributed by atoms with E-state index in [1.54, 1.807) is 6.07 Å². The van der Waals surface area contributed by atoms with Gasteiger partial charge in [-0.05, 0) is 31.9 Å². The molecule has 0 amide bonds. The quantitative estimate of drug-likeness (QED) is 0.851. The summed E-state index contributed by atoms with van der Waals surface area (Å²) in [6.45, 7) is 1.90. The number of nitrogens with zero attached hydrogens (tertiary/aromatic N) is 2. The summed E-state index contributed by atoms with van der Waals surface area (Å²) in [7, 11) is -3.92. The van der Waals surface area contributed by atoms with Gasteiger partial charge in [0.1, 0.15) is 28.1 Å². The molecule has 0 aliphatic carbocycles. The first-order chi connectivity index (χ1) is 9.87. The Bertz CT molecular complexity index is 701. The number of Topliss-reactive ketones (excluding diaryl/α,β-unsaturated/α-hetero) is 1. The summed E-state index contributed by atoms with van der Waals surface area (Å²) in [6.07, 6.45) is 0.900. The van der Waals surface area contributed by atoms with Crippen molar-refractivity contribution in [3.05, 3.63) is 29.6 Å². The van der Waals surface area contributed by atoms with Crippen LogP contribution in [0.15, 0.2) is 23.1 Å². The molecule has 1 saturated heterocycles. The van der Waals surface area contributed by atoms with Crippen molar-refractivity contribution < 1.29 is 17.6 Å². The highest BCUT2D eigenvalue weighted by Crippen LogP contribution is 2.26. The van der Waals surface area contributed by atoms with Crippen molar-refractivity contribution >= 4 is 15.8 Å². The fraction of sp³-hybridized carbons (Fsp3) is 0.429. The van der Waals surface area contributed by atoms with Gasteiger partial charge in [0.05, 0.1) is 0 Å². The maximum absolute atomic E-state index is 13.6. The first-order valence-electron chi connectivity index (χ1n) is 6.57. The Morgan fingerprint density at radius 1 is 1.38 bits per heavy atom. The molecule has 0 unspecified atom stereocenters. The number of hydrogen-bond acceptors (Lipinski definition) is 4. The zero-order chi connectivity index (χ0) is 15.6. The Balaban J connectivity index is 2.31. The van der Waals surface area contributed by atoms with E-state index in [2.05, 4.69) is 0 Å². The fourth-order valence-electron chi connectivity index (χ4n) is 2.47. The van der Waals surface area contributed by atoms with Gasteiger partial charge in [0, 0.05) is 19.0 Å². The Hall–Kier alpha value is -1.78. The number of benzene rings is 1. The standard InChI is InChI=1S/C14H15FN2O3S/c1-10(18)11-5-7-17(8-6-11)21(19,20)14-4-2-3-13(15)12(14)9-16/h2-4,11H,5-8H2,1H3. The molecule has 0 radical (unpaired) electrons. The van der Waals surface area contributed by atoms with Crippen molar-refractivity contribution in [2.45, 2.75) is 24.7 Å². The van der Waals surface area contributed by atoms with Crippen LogP contribution in [0.4, 0.5) is 4.39 Å². The molecule has 1 heterocycles. The molecule has 2 rings (SSSR count). The van der Waals surface area contributed by atoms with Crippen LogP contribution in [0.3, 0.4) is 0 Å². The van der Waals surface area contributed by atoms with Crippen LogP contribution in [0.25, 0.3) is 0 Å². The minimum atomic E-state index is -3.92. The van der Waals surface area contributed by atoms with Gasteiger partial charge >= 0.3 is 0 Å². The van der Waals surface area contributed by atoms with Crippen molar-refractivity contribution in [2.24, 2.45) is 5.92 Å². The summed E-state index contributed by atoms with van der Waals surface area (Å²) >= 11 is 0. The summed E-state index contributed by atoms with van der Waals surface area (Å²) in [5.74, 6) is -0.924. The predicted molar refractivity (Wildman–Crippen MR) is 73.3 cm³/mol. The zero-order valence-electron chi connectivity index (χ0n) is 11.5. The van der Waals surface area contributed by atoms with E-state index in [-0.39, 0.29) is 29.7 Å². The lowest BCUT2D eigenvalue weighted by Gasteiger charge is -2.30. The molecule has 1 aromatic rings. The van der Waals surface area contributed by atoms with Crippen LogP contribution in [-0.2, 0) is 14.8 Å². The molecule has 1 aliphatic heterocycles. The van der Waals surface area contributed by atoms with Gasteiger partial charge in [-0.15, -0.1) is 0 Å². The highest BCUT2D eigenvalue weighted by atomic mass is 32.2. The van der Waals surface area contributed by atoms with E-state index < -0.39 is 21.4 Å². The molecule has 7 heteroatoms. The van der Waals surface area contributed by atoms with E-state index in [4.69, 9.17) is 5.26 Å². The molecule has 0 saturated carbocycles. The van der Waals surface area contributed by atoms with Gasteiger partial charge in [0.2, 0.25) is 10.0 Å². The lowest BCUT2D eigenvalue weighted by atomic mass is 9.95. The molecule has 1 aliphatic rings. The molecule has 0 bridgehead atoms. The first-order valence-corrected chi connectivity index (χ1v) is 8.01. The van der Waals surface area contributed by atoms with E-state index in [9.17, 15) is 17.6 Å². The Morgan fingerprint density at radius 2 is 2.00 bits per heavy atom. The van der Waals surface area contributed by atoms with Crippen molar-refractivity contribution in [3.8, 4) is 6.07 Å². The number of carbonyl (C=O) groups excluding carboxylic acids is 1. The van der Waals surface area contributed by atoms with E-state index >= 15 is 0 Å². The number of piperidine rings is 1. The summed E-state index contributed by atoms with van der Waals surface area (Å²) in [5, 5.41) is 8.96. The van der Waals surface area contributed by atoms with Crippen molar-refractivity contribution in [3.63, 3.8) is 0 Å². The summed E-state index contributed by atoms with van der Waals surface area (Å²) < 4.78 is 39.8. The van der Waals surface area contributed by atoms with E-state index in [0.717, 1.165) is 6.07 Å². The molecular weight excluding hydrogens is 295 g/mol. The SMILES string of the molecule is CC(=O)C1CCN(S(=O)(=O)c2cccc(F)c2C#N)CC1. The van der Waals surface area contributed by atoms with Crippen LogP contribution in [0, 0.1) is 23.1 Å². The topological polar surface area (TPSA) is 78.2 Å². The highest BCUT2D eigenvalue weighted by molar-refractivity contribution is 7.89. The largest absolute Gasteiger partial charge is 0.300 e. The molecule has 0 N–H and O–H groups in total. The van der Waals surface area contributed by atoms with E-state index in [1.807, 2.05) is 0 Å². The Labute approximate surface area is 123 Å². The van der Waals surface area contributed by atoms with Crippen LogP contribution in [0.1, 0.15) is 25.3 Å². The summed E-state index contributed by atoms with van der Waals surface area (Å²) in [5.41, 5.74) is -0.466. The average Bonchev–Trinajstić information content (AvgIpc) is 2.47. The van der Waals surface area contributed by atoms with Gasteiger partial charge < -0.3 is 0 Å². The van der Waals surface area contributed by atoms with E-state index in [0.29, 0.717) is 12.8 Å². The summed E-state index contributed by atoms with van der Waals surface area (Å²) in [6, 6.07) is 5.16. The summed E-state index contributed by atoms with van der Waals surface area (Å²) in [4.78, 5) is 11.0. The van der Waals surface area contributed by atoms with Crippen molar-refractivity contribution in [2.75, 3.05) is 13.1 Å². The van der Waals surface area contributed by atoms with Gasteiger partial charge in [-0.2, -0.15) is 9.57 Å². The van der Waals surface area contributed by atoms with E-state index in [1.165, 1.54) is 23.4 Å². The van der Waals surface area contributed by atoms with Gasteiger partial charge in [-0.3, -0.25) is 4.79 Å². The lowest BCUT2D eigenvalue weighted by Crippen LogP contribution is -2.40. The van der Waals surface area contributed by atoms with Crippen LogP contribution in [0.2, 0.25) is 0 Å². The zero-order valence-corrected chi connectivity index (χ0v) is 12.4. The maximum atomic E-state index is 13.6. The second-order valence-electron chi connectivity index (χ2n) is 5.01. The van der Waals surface area contributed by atoms with Crippen LogP contribution < -0.4 is 0 Å². The molecule has 112 valence electrons. The van der Waals surface area contributed by atoms with Crippen LogP contribution >= 0.6 is 0 Å². The number of rotatable bonds is 3. The molecule has 1 aromatic carbocycles. The first kappa shape index (κ1) is 15.6. The molecular formula is C14H15FN2O3S. The van der Waals surface area contributed by atoms with Crippen molar-refractivity contribution in [1.82, 2.24) is 4.31 Å². The Kier molecular flexibility index (Phi) is 4.40. The smallest absolute Gasteiger partial charge is 0.244 e. The van der Waals surface area contributed by atoms with Crippen LogP contribution in [-0.4, -0.2) is 31.6 Å². The van der Waals surface area contributed by atoms with Crippen LogP contribution in [0.5, 0.6) is 0 Å². The number of halogens is 1. The minimum absolute atomic E-state index is 0.0514. The monoisotopic (exact) mass is 310 g/mol. The third-order valence-electron chi connectivity index (χ3n) is 3.73. The number of carbonyl (C=O) groups is 1. The minimum Gasteiger partial charge on any atom is -0.300 e. The molecule has 1 fully saturated rings. The normalized spacial score (nSPS) is 17.4. The molecule has 0 spiro atoms. The molecule has 0 aromatic heterocycles. The third-order valence-corrected chi connectivity index (χ3v) is 5.67.